The minimum Gasteiger partial charge on any atom is -0.325 e. The van der Waals surface area contributed by atoms with Crippen LogP contribution in [0.3, 0.4) is 0 Å². The van der Waals surface area contributed by atoms with Crippen molar-refractivity contribution in [3.8, 4) is 0 Å². The van der Waals surface area contributed by atoms with E-state index in [1.807, 2.05) is 55.5 Å². The third kappa shape index (κ3) is 3.69. The summed E-state index contributed by atoms with van der Waals surface area (Å²) in [5, 5.41) is 4.65. The number of pyridine rings is 1. The third-order valence-corrected chi connectivity index (χ3v) is 4.20. The van der Waals surface area contributed by atoms with E-state index in [1.54, 1.807) is 6.20 Å². The van der Waals surface area contributed by atoms with Crippen LogP contribution in [0, 0.1) is 6.92 Å². The molecule has 0 bridgehead atoms. The van der Waals surface area contributed by atoms with E-state index in [1.165, 1.54) is 0 Å². The molecule has 0 aliphatic rings. The zero-order valence-corrected chi connectivity index (χ0v) is 13.6. The smallest absolute Gasteiger partial charge is 0.224 e. The zero-order valence-electron chi connectivity index (χ0n) is 12.8. The topological polar surface area (TPSA) is 42.0 Å². The second-order valence-electron chi connectivity index (χ2n) is 5.51. The van der Waals surface area contributed by atoms with Crippen LogP contribution in [-0.2, 0) is 11.2 Å². The molecule has 1 amide bonds. The number of amides is 1. The van der Waals surface area contributed by atoms with Crippen molar-refractivity contribution in [2.75, 3.05) is 5.32 Å². The van der Waals surface area contributed by atoms with Crippen LogP contribution in [0.15, 0.2) is 54.7 Å². The average Bonchev–Trinajstić information content (AvgIpc) is 2.56. The molecular weight excluding hydrogens is 308 g/mol. The molecule has 23 heavy (non-hydrogen) atoms. The molecule has 0 radical (unpaired) electrons. The van der Waals surface area contributed by atoms with Crippen molar-refractivity contribution in [3.63, 3.8) is 0 Å². The standard InChI is InChI=1S/C19H17ClN2O/c1-13-7-8-14(12-16(13)20)9-10-19(23)22-18-6-2-5-17-15(18)4-3-11-21-17/h2-8,11-12H,9-10H2,1H3,(H,22,23). The van der Waals surface area contributed by atoms with Gasteiger partial charge < -0.3 is 5.32 Å². The van der Waals surface area contributed by atoms with Crippen LogP contribution in [-0.4, -0.2) is 10.9 Å². The highest BCUT2D eigenvalue weighted by Crippen LogP contribution is 2.22. The van der Waals surface area contributed by atoms with Gasteiger partial charge in [-0.05, 0) is 54.8 Å². The summed E-state index contributed by atoms with van der Waals surface area (Å²) >= 11 is 6.12. The highest BCUT2D eigenvalue weighted by molar-refractivity contribution is 6.31. The molecule has 0 spiro atoms. The van der Waals surface area contributed by atoms with Crippen molar-refractivity contribution in [2.24, 2.45) is 0 Å². The largest absolute Gasteiger partial charge is 0.325 e. The molecule has 4 heteroatoms. The van der Waals surface area contributed by atoms with E-state index in [0.29, 0.717) is 12.8 Å². The molecule has 116 valence electrons. The van der Waals surface area contributed by atoms with Crippen LogP contribution < -0.4 is 5.32 Å². The van der Waals surface area contributed by atoms with Gasteiger partial charge in [0.25, 0.3) is 0 Å². The van der Waals surface area contributed by atoms with Crippen molar-refractivity contribution < 1.29 is 4.79 Å². The van der Waals surface area contributed by atoms with Crippen LogP contribution in [0.25, 0.3) is 10.9 Å². The molecule has 0 aliphatic heterocycles. The number of hydrogen-bond acceptors (Lipinski definition) is 2. The Kier molecular flexibility index (Phi) is 4.58. The summed E-state index contributed by atoms with van der Waals surface area (Å²) in [7, 11) is 0. The molecule has 2 aromatic carbocycles. The number of benzene rings is 2. The number of anilines is 1. The molecule has 0 saturated heterocycles. The normalized spacial score (nSPS) is 10.7. The maximum absolute atomic E-state index is 12.2. The molecule has 1 aromatic heterocycles. The van der Waals surface area contributed by atoms with Gasteiger partial charge in [0, 0.05) is 23.0 Å². The molecule has 3 nitrogen and oxygen atoms in total. The van der Waals surface area contributed by atoms with Gasteiger partial charge in [-0.25, -0.2) is 0 Å². The number of fused-ring (bicyclic) bond motifs is 1. The Morgan fingerprint density at radius 2 is 2.04 bits per heavy atom. The first-order valence-electron chi connectivity index (χ1n) is 7.52. The fraction of sp³-hybridized carbons (Fsp3) is 0.158. The SMILES string of the molecule is Cc1ccc(CCC(=O)Nc2cccc3ncccc23)cc1Cl. The van der Waals surface area contributed by atoms with E-state index in [0.717, 1.165) is 32.7 Å². The van der Waals surface area contributed by atoms with Crippen LogP contribution in [0.1, 0.15) is 17.5 Å². The van der Waals surface area contributed by atoms with Gasteiger partial charge in [-0.3, -0.25) is 9.78 Å². The van der Waals surface area contributed by atoms with Crippen molar-refractivity contribution in [3.05, 3.63) is 70.9 Å². The molecule has 0 saturated carbocycles. The summed E-state index contributed by atoms with van der Waals surface area (Å²) < 4.78 is 0. The van der Waals surface area contributed by atoms with E-state index in [4.69, 9.17) is 11.6 Å². The summed E-state index contributed by atoms with van der Waals surface area (Å²) in [6.45, 7) is 1.97. The lowest BCUT2D eigenvalue weighted by molar-refractivity contribution is -0.116. The van der Waals surface area contributed by atoms with Gasteiger partial charge >= 0.3 is 0 Å². The summed E-state index contributed by atoms with van der Waals surface area (Å²) in [6.07, 6.45) is 2.82. The third-order valence-electron chi connectivity index (χ3n) is 3.80. The van der Waals surface area contributed by atoms with Crippen molar-refractivity contribution in [1.82, 2.24) is 4.98 Å². The van der Waals surface area contributed by atoms with Gasteiger partial charge in [-0.15, -0.1) is 0 Å². The predicted octanol–water partition coefficient (Wildman–Crippen LogP) is 4.77. The van der Waals surface area contributed by atoms with E-state index in [-0.39, 0.29) is 5.91 Å². The van der Waals surface area contributed by atoms with Crippen LogP contribution in [0.2, 0.25) is 5.02 Å². The predicted molar refractivity (Wildman–Crippen MR) is 94.9 cm³/mol. The van der Waals surface area contributed by atoms with Crippen LogP contribution in [0.4, 0.5) is 5.69 Å². The second kappa shape index (κ2) is 6.80. The van der Waals surface area contributed by atoms with E-state index in [2.05, 4.69) is 10.3 Å². The molecule has 1 heterocycles. The maximum Gasteiger partial charge on any atom is 0.224 e. The lowest BCUT2D eigenvalue weighted by Gasteiger charge is -2.09. The first kappa shape index (κ1) is 15.5. The monoisotopic (exact) mass is 324 g/mol. The average molecular weight is 325 g/mol. The van der Waals surface area contributed by atoms with Crippen molar-refractivity contribution >= 4 is 34.1 Å². The van der Waals surface area contributed by atoms with E-state index < -0.39 is 0 Å². The zero-order chi connectivity index (χ0) is 16.2. The van der Waals surface area contributed by atoms with Gasteiger partial charge in [-0.2, -0.15) is 0 Å². The Morgan fingerprint density at radius 1 is 1.17 bits per heavy atom. The highest BCUT2D eigenvalue weighted by Gasteiger charge is 2.07. The molecule has 0 aliphatic carbocycles. The second-order valence-corrected chi connectivity index (χ2v) is 5.91. The Hall–Kier alpha value is -2.39. The van der Waals surface area contributed by atoms with Crippen LogP contribution in [0.5, 0.6) is 0 Å². The number of aromatic nitrogens is 1. The molecule has 0 atom stereocenters. The van der Waals surface area contributed by atoms with E-state index in [9.17, 15) is 4.79 Å². The number of nitrogens with one attached hydrogen (secondary N) is 1. The Labute approximate surface area is 140 Å². The lowest BCUT2D eigenvalue weighted by atomic mass is 10.1. The number of carbonyl (C=O) groups is 1. The summed E-state index contributed by atoms with van der Waals surface area (Å²) in [4.78, 5) is 16.5. The fourth-order valence-corrected chi connectivity index (χ4v) is 2.68. The number of aryl methyl sites for hydroxylation is 2. The molecule has 0 unspecified atom stereocenters. The van der Waals surface area contributed by atoms with Gasteiger partial charge in [-0.1, -0.05) is 29.8 Å². The molecule has 1 N–H and O–H groups in total. The molecule has 0 fully saturated rings. The summed E-state index contributed by atoms with van der Waals surface area (Å²) in [5.41, 5.74) is 3.77. The lowest BCUT2D eigenvalue weighted by Crippen LogP contribution is -2.12. The first-order chi connectivity index (χ1) is 11.1. The molecular formula is C19H17ClN2O. The Bertz CT molecular complexity index is 856. The quantitative estimate of drug-likeness (QED) is 0.751. The minimum absolute atomic E-state index is 0.0157. The number of carbonyl (C=O) groups excluding carboxylic acids is 1. The number of halogens is 1. The van der Waals surface area contributed by atoms with Crippen LogP contribution >= 0.6 is 11.6 Å². The van der Waals surface area contributed by atoms with Gasteiger partial charge in [0.1, 0.15) is 0 Å². The highest BCUT2D eigenvalue weighted by atomic mass is 35.5. The first-order valence-corrected chi connectivity index (χ1v) is 7.90. The molecule has 3 rings (SSSR count). The Morgan fingerprint density at radius 3 is 2.87 bits per heavy atom. The minimum atomic E-state index is -0.0157. The van der Waals surface area contributed by atoms with Gasteiger partial charge in [0.2, 0.25) is 5.91 Å². The van der Waals surface area contributed by atoms with Crippen molar-refractivity contribution in [1.29, 1.82) is 0 Å². The summed E-state index contributed by atoms with van der Waals surface area (Å²) in [6, 6.07) is 15.5. The molecule has 3 aromatic rings. The number of rotatable bonds is 4. The number of hydrogen-bond donors (Lipinski definition) is 1. The Balaban J connectivity index is 1.68. The maximum atomic E-state index is 12.2. The van der Waals surface area contributed by atoms with E-state index >= 15 is 0 Å². The van der Waals surface area contributed by atoms with Crippen molar-refractivity contribution in [2.45, 2.75) is 19.8 Å². The fourth-order valence-electron chi connectivity index (χ4n) is 2.47. The number of nitrogens with zero attached hydrogens (tertiary/aromatic N) is 1. The van der Waals surface area contributed by atoms with Gasteiger partial charge in [0.15, 0.2) is 0 Å². The van der Waals surface area contributed by atoms with Gasteiger partial charge in [0.05, 0.1) is 11.2 Å². The summed E-state index contributed by atoms with van der Waals surface area (Å²) in [5.74, 6) is -0.0157.